The fraction of sp³-hybridized carbons (Fsp3) is 0.294. The number of halogens is 2. The first-order chi connectivity index (χ1) is 9.65. The second kappa shape index (κ2) is 5.55. The molecule has 1 nitrogen and oxygen atoms in total. The van der Waals surface area contributed by atoms with Crippen LogP contribution < -0.4 is 0 Å². The molecule has 104 valence electrons. The summed E-state index contributed by atoms with van der Waals surface area (Å²) in [6.07, 6.45) is 3.05. The topological polar surface area (TPSA) is 20.2 Å². The van der Waals surface area contributed by atoms with Gasteiger partial charge in [0.25, 0.3) is 0 Å². The van der Waals surface area contributed by atoms with E-state index in [1.54, 1.807) is 6.07 Å². The highest BCUT2D eigenvalue weighted by Gasteiger charge is 2.20. The van der Waals surface area contributed by atoms with Gasteiger partial charge < -0.3 is 5.11 Å². The lowest BCUT2D eigenvalue weighted by molar-refractivity contribution is 0.220. The van der Waals surface area contributed by atoms with Gasteiger partial charge in [0.15, 0.2) is 0 Å². The smallest absolute Gasteiger partial charge is 0.141 e. The quantitative estimate of drug-likeness (QED) is 0.858. The van der Waals surface area contributed by atoms with Crippen molar-refractivity contribution in [3.63, 3.8) is 0 Å². The molecule has 2 aromatic rings. The van der Waals surface area contributed by atoms with Crippen molar-refractivity contribution < 1.29 is 9.50 Å². The van der Waals surface area contributed by atoms with Crippen LogP contribution >= 0.6 is 11.6 Å². The van der Waals surface area contributed by atoms with E-state index in [2.05, 4.69) is 12.1 Å². The van der Waals surface area contributed by atoms with Crippen molar-refractivity contribution in [1.29, 1.82) is 0 Å². The molecule has 0 amide bonds. The van der Waals surface area contributed by atoms with Gasteiger partial charge in [0.1, 0.15) is 11.9 Å². The van der Waals surface area contributed by atoms with E-state index in [9.17, 15) is 9.50 Å². The van der Waals surface area contributed by atoms with Crippen LogP contribution in [-0.4, -0.2) is 5.11 Å². The van der Waals surface area contributed by atoms with Crippen LogP contribution in [0.1, 0.15) is 48.0 Å². The van der Waals surface area contributed by atoms with Gasteiger partial charge in [-0.3, -0.25) is 0 Å². The number of aliphatic hydroxyl groups excluding tert-OH is 1. The maximum atomic E-state index is 13.1. The van der Waals surface area contributed by atoms with Crippen molar-refractivity contribution in [3.8, 4) is 0 Å². The van der Waals surface area contributed by atoms with Crippen molar-refractivity contribution in [3.05, 3.63) is 70.0 Å². The van der Waals surface area contributed by atoms with Crippen molar-refractivity contribution >= 4 is 11.6 Å². The summed E-state index contributed by atoms with van der Waals surface area (Å²) in [7, 11) is 0. The molecule has 0 heterocycles. The standard InChI is InChI=1S/C17H16ClFO/c18-15-10-14(8-9-16(15)19)17(20)13-6-4-12(5-7-13)11-2-1-3-11/h4-11,17,20H,1-3H2. The molecule has 1 aliphatic carbocycles. The Labute approximate surface area is 123 Å². The Balaban J connectivity index is 1.82. The zero-order valence-electron chi connectivity index (χ0n) is 11.0. The Morgan fingerprint density at radius 1 is 1.05 bits per heavy atom. The number of hydrogen-bond acceptors (Lipinski definition) is 1. The van der Waals surface area contributed by atoms with Gasteiger partial charge in [-0.15, -0.1) is 0 Å². The summed E-state index contributed by atoms with van der Waals surface area (Å²) in [6.45, 7) is 0. The van der Waals surface area contributed by atoms with Crippen molar-refractivity contribution in [2.45, 2.75) is 31.3 Å². The van der Waals surface area contributed by atoms with Crippen LogP contribution in [0, 0.1) is 5.82 Å². The predicted octanol–water partition coefficient (Wildman–Crippen LogP) is 4.83. The van der Waals surface area contributed by atoms with E-state index in [1.165, 1.54) is 37.0 Å². The molecule has 3 rings (SSSR count). The lowest BCUT2D eigenvalue weighted by atomic mass is 9.80. The minimum absolute atomic E-state index is 0.0349. The van der Waals surface area contributed by atoms with Crippen LogP contribution in [0.3, 0.4) is 0 Å². The maximum absolute atomic E-state index is 13.1. The molecule has 3 heteroatoms. The van der Waals surface area contributed by atoms with Gasteiger partial charge in [-0.05, 0) is 47.6 Å². The van der Waals surface area contributed by atoms with Crippen molar-refractivity contribution in [1.82, 2.24) is 0 Å². The minimum Gasteiger partial charge on any atom is -0.384 e. The van der Waals surface area contributed by atoms with E-state index >= 15 is 0 Å². The van der Waals surface area contributed by atoms with E-state index in [-0.39, 0.29) is 5.02 Å². The molecule has 0 saturated heterocycles. The van der Waals surface area contributed by atoms with E-state index in [0.29, 0.717) is 11.5 Å². The molecule has 0 aliphatic heterocycles. The molecular weight excluding hydrogens is 275 g/mol. The first kappa shape index (κ1) is 13.6. The Hall–Kier alpha value is -1.38. The van der Waals surface area contributed by atoms with Crippen LogP contribution in [0.25, 0.3) is 0 Å². The number of aliphatic hydroxyl groups is 1. The van der Waals surface area contributed by atoms with Gasteiger partial charge in [0.05, 0.1) is 5.02 Å². The van der Waals surface area contributed by atoms with Gasteiger partial charge in [0.2, 0.25) is 0 Å². The molecule has 0 radical (unpaired) electrons. The second-order valence-corrected chi connectivity index (χ2v) is 5.78. The molecule has 1 saturated carbocycles. The fourth-order valence-electron chi connectivity index (χ4n) is 2.57. The highest BCUT2D eigenvalue weighted by atomic mass is 35.5. The Morgan fingerprint density at radius 2 is 1.70 bits per heavy atom. The van der Waals surface area contributed by atoms with Gasteiger partial charge in [0, 0.05) is 0 Å². The lowest BCUT2D eigenvalue weighted by Crippen LogP contribution is -2.09. The summed E-state index contributed by atoms with van der Waals surface area (Å²) in [5.74, 6) is 0.212. The zero-order chi connectivity index (χ0) is 14.1. The molecule has 0 bridgehead atoms. The van der Waals surface area contributed by atoms with E-state index < -0.39 is 11.9 Å². The highest BCUT2D eigenvalue weighted by molar-refractivity contribution is 6.30. The van der Waals surface area contributed by atoms with E-state index in [1.807, 2.05) is 12.1 Å². The molecule has 2 aromatic carbocycles. The van der Waals surface area contributed by atoms with E-state index in [0.717, 1.165) is 5.56 Å². The van der Waals surface area contributed by atoms with Crippen LogP contribution in [0.4, 0.5) is 4.39 Å². The largest absolute Gasteiger partial charge is 0.384 e. The summed E-state index contributed by atoms with van der Waals surface area (Å²) in [6, 6.07) is 12.4. The molecule has 0 aromatic heterocycles. The summed E-state index contributed by atoms with van der Waals surface area (Å²) in [5.41, 5.74) is 2.74. The minimum atomic E-state index is -0.774. The van der Waals surface area contributed by atoms with Gasteiger partial charge in [-0.1, -0.05) is 48.4 Å². The Morgan fingerprint density at radius 3 is 2.25 bits per heavy atom. The first-order valence-corrected chi connectivity index (χ1v) is 7.26. The number of rotatable bonds is 3. The summed E-state index contributed by atoms with van der Waals surface area (Å²) in [5, 5.41) is 10.4. The molecule has 20 heavy (non-hydrogen) atoms. The average Bonchev–Trinajstić information content (AvgIpc) is 2.40. The molecular formula is C17H16ClFO. The van der Waals surface area contributed by atoms with Crippen LogP contribution in [0.5, 0.6) is 0 Å². The number of benzene rings is 2. The first-order valence-electron chi connectivity index (χ1n) is 6.88. The SMILES string of the molecule is OC(c1ccc(C2CCC2)cc1)c1ccc(F)c(Cl)c1. The maximum Gasteiger partial charge on any atom is 0.141 e. The third-order valence-electron chi connectivity index (χ3n) is 4.09. The van der Waals surface area contributed by atoms with Gasteiger partial charge in [-0.2, -0.15) is 0 Å². The van der Waals surface area contributed by atoms with Crippen molar-refractivity contribution in [2.75, 3.05) is 0 Å². The van der Waals surface area contributed by atoms with Crippen LogP contribution in [-0.2, 0) is 0 Å². The molecule has 1 fully saturated rings. The molecule has 1 unspecified atom stereocenters. The van der Waals surface area contributed by atoms with Crippen LogP contribution in [0.2, 0.25) is 5.02 Å². The normalized spacial score (nSPS) is 16.8. The number of hydrogen-bond donors (Lipinski definition) is 1. The molecule has 1 N–H and O–H groups in total. The van der Waals surface area contributed by atoms with Gasteiger partial charge in [-0.25, -0.2) is 4.39 Å². The third-order valence-corrected chi connectivity index (χ3v) is 4.38. The van der Waals surface area contributed by atoms with Gasteiger partial charge >= 0.3 is 0 Å². The molecule has 1 atom stereocenters. The van der Waals surface area contributed by atoms with E-state index in [4.69, 9.17) is 11.6 Å². The Kier molecular flexibility index (Phi) is 3.77. The third kappa shape index (κ3) is 2.58. The predicted molar refractivity (Wildman–Crippen MR) is 78.5 cm³/mol. The highest BCUT2D eigenvalue weighted by Crippen LogP contribution is 2.37. The molecule has 0 spiro atoms. The lowest BCUT2D eigenvalue weighted by Gasteiger charge is -2.26. The fourth-order valence-corrected chi connectivity index (χ4v) is 2.76. The second-order valence-electron chi connectivity index (χ2n) is 5.37. The van der Waals surface area contributed by atoms with Crippen LogP contribution in [0.15, 0.2) is 42.5 Å². The van der Waals surface area contributed by atoms with Crippen molar-refractivity contribution in [2.24, 2.45) is 0 Å². The summed E-state index contributed by atoms with van der Waals surface area (Å²) >= 11 is 5.75. The molecule has 1 aliphatic rings. The Bertz CT molecular complexity index is 605. The average molecular weight is 291 g/mol. The monoisotopic (exact) mass is 290 g/mol. The summed E-state index contributed by atoms with van der Waals surface area (Å²) < 4.78 is 13.1. The zero-order valence-corrected chi connectivity index (χ0v) is 11.8. The summed E-state index contributed by atoms with van der Waals surface area (Å²) in [4.78, 5) is 0.